The Morgan fingerprint density at radius 3 is 1.83 bits per heavy atom. The summed E-state index contributed by atoms with van der Waals surface area (Å²) < 4.78 is 0. The van der Waals surface area contributed by atoms with Crippen LogP contribution in [0.3, 0.4) is 0 Å². The first-order valence-electron chi connectivity index (χ1n) is 1.42. The molecule has 0 aliphatic rings. The minimum atomic E-state index is 0.556. The average Bonchev–Trinajstić information content (AvgIpc) is 1.72. The smallest absolute Gasteiger partial charge is 0.0401 e. The Labute approximate surface area is 42.7 Å². The molecule has 0 unspecified atom stereocenters. The summed E-state index contributed by atoms with van der Waals surface area (Å²) >= 11 is 5.07. The molecule has 0 saturated heterocycles. The summed E-state index contributed by atoms with van der Waals surface area (Å²) in [4.78, 5) is 0. The van der Waals surface area contributed by atoms with Gasteiger partial charge in [-0.25, -0.2) is 0 Å². The van der Waals surface area contributed by atoms with Crippen molar-refractivity contribution < 1.29 is 0 Å². The van der Waals surface area contributed by atoms with Gasteiger partial charge in [-0.3, -0.25) is 11.7 Å². The van der Waals surface area contributed by atoms with Gasteiger partial charge in [0.05, 0.1) is 0 Å². The van der Waals surface area contributed by atoms with Gasteiger partial charge < -0.3 is 0 Å². The summed E-state index contributed by atoms with van der Waals surface area (Å²) in [7, 11) is 0. The van der Waals surface area contributed by atoms with E-state index in [0.29, 0.717) is 5.88 Å². The zero-order valence-electron chi connectivity index (χ0n) is 3.52. The average molecular weight is 109 g/mol. The maximum atomic E-state index is 5.07. The van der Waals surface area contributed by atoms with E-state index in [9.17, 15) is 0 Å². The standard InChI is InChI=1S/C3H5Cl.H4N2/c1-2-3-4;1-2/h2H,1,3H2;1-2H2. The summed E-state index contributed by atoms with van der Waals surface area (Å²) in [5, 5.41) is 0. The van der Waals surface area contributed by atoms with Gasteiger partial charge in [0.2, 0.25) is 0 Å². The van der Waals surface area contributed by atoms with Crippen molar-refractivity contribution in [3.8, 4) is 0 Å². The maximum Gasteiger partial charge on any atom is 0.0401 e. The van der Waals surface area contributed by atoms with Crippen molar-refractivity contribution in [1.29, 1.82) is 0 Å². The SMILES string of the molecule is C=CCCl.NN. The third-order valence-corrected chi connectivity index (χ3v) is 0.327. The molecule has 6 heavy (non-hydrogen) atoms. The van der Waals surface area contributed by atoms with E-state index in [1.807, 2.05) is 0 Å². The molecule has 4 N–H and O–H groups in total. The van der Waals surface area contributed by atoms with Crippen LogP contribution in [-0.4, -0.2) is 5.88 Å². The number of nitrogens with two attached hydrogens (primary N) is 2. The van der Waals surface area contributed by atoms with Crippen LogP contribution in [0.15, 0.2) is 12.7 Å². The van der Waals surface area contributed by atoms with E-state index in [2.05, 4.69) is 18.3 Å². The highest BCUT2D eigenvalue weighted by Crippen LogP contribution is 1.67. The lowest BCUT2D eigenvalue weighted by Gasteiger charge is -1.55. The first-order chi connectivity index (χ1) is 2.91. The molecular formula is C3H9ClN2. The van der Waals surface area contributed by atoms with Crippen LogP contribution in [0.5, 0.6) is 0 Å². The van der Waals surface area contributed by atoms with Crippen LogP contribution in [0, 0.1) is 0 Å². The number of rotatable bonds is 1. The van der Waals surface area contributed by atoms with E-state index in [1.54, 1.807) is 6.08 Å². The van der Waals surface area contributed by atoms with Crippen LogP contribution in [0.25, 0.3) is 0 Å². The van der Waals surface area contributed by atoms with Gasteiger partial charge in [0.1, 0.15) is 0 Å². The lowest BCUT2D eigenvalue weighted by molar-refractivity contribution is 1.26. The number of hydrogen-bond acceptors (Lipinski definition) is 2. The van der Waals surface area contributed by atoms with Gasteiger partial charge >= 0.3 is 0 Å². The molecule has 0 atom stereocenters. The van der Waals surface area contributed by atoms with Crippen LogP contribution in [0.4, 0.5) is 0 Å². The predicted molar refractivity (Wildman–Crippen MR) is 29.3 cm³/mol. The second-order valence-corrected chi connectivity index (χ2v) is 0.752. The molecule has 0 fully saturated rings. The summed E-state index contributed by atoms with van der Waals surface area (Å²) in [6, 6.07) is 0. The van der Waals surface area contributed by atoms with Crippen molar-refractivity contribution in [2.45, 2.75) is 0 Å². The normalized spacial score (nSPS) is 5.17. The van der Waals surface area contributed by atoms with Crippen LogP contribution >= 0.6 is 11.6 Å². The predicted octanol–water partition coefficient (Wildman–Crippen LogP) is 0.230. The fraction of sp³-hybridized carbons (Fsp3) is 0.333. The van der Waals surface area contributed by atoms with Crippen LogP contribution in [0.2, 0.25) is 0 Å². The molecule has 0 aromatic carbocycles. The highest BCUT2D eigenvalue weighted by atomic mass is 35.5. The third kappa shape index (κ3) is 38.1. The van der Waals surface area contributed by atoms with Crippen molar-refractivity contribution >= 4 is 11.6 Å². The molecule has 0 spiro atoms. The second-order valence-electron chi connectivity index (χ2n) is 0.443. The van der Waals surface area contributed by atoms with Gasteiger partial charge in [0.15, 0.2) is 0 Å². The number of halogens is 1. The second kappa shape index (κ2) is 20.3. The third-order valence-electron chi connectivity index (χ3n) is 0.109. The Kier molecular flexibility index (Phi) is 31.6. The Bertz CT molecular complexity index is 22.8. The Hall–Kier alpha value is -0.0500. The van der Waals surface area contributed by atoms with Crippen LogP contribution in [-0.2, 0) is 0 Å². The van der Waals surface area contributed by atoms with Crippen molar-refractivity contribution in [1.82, 2.24) is 0 Å². The summed E-state index contributed by atoms with van der Waals surface area (Å²) in [6.07, 6.45) is 1.64. The van der Waals surface area contributed by atoms with E-state index in [-0.39, 0.29) is 0 Å². The Balaban J connectivity index is 0. The van der Waals surface area contributed by atoms with Crippen molar-refractivity contribution in [2.24, 2.45) is 11.7 Å². The minimum Gasteiger partial charge on any atom is -0.274 e. The van der Waals surface area contributed by atoms with Gasteiger partial charge in [0.25, 0.3) is 0 Å². The van der Waals surface area contributed by atoms with Gasteiger partial charge in [0, 0.05) is 5.88 Å². The largest absolute Gasteiger partial charge is 0.274 e. The monoisotopic (exact) mass is 108 g/mol. The van der Waals surface area contributed by atoms with E-state index < -0.39 is 0 Å². The molecule has 0 aliphatic carbocycles. The van der Waals surface area contributed by atoms with Crippen molar-refractivity contribution in [3.05, 3.63) is 12.7 Å². The molecule has 0 aromatic rings. The number of allylic oxidation sites excluding steroid dienone is 1. The fourth-order valence-electron chi connectivity index (χ4n) is 0. The van der Waals surface area contributed by atoms with Crippen molar-refractivity contribution in [3.63, 3.8) is 0 Å². The molecule has 0 bridgehead atoms. The Morgan fingerprint density at radius 1 is 1.67 bits per heavy atom. The van der Waals surface area contributed by atoms with Crippen molar-refractivity contribution in [2.75, 3.05) is 5.88 Å². The zero-order chi connectivity index (χ0) is 5.41. The number of hydrogen-bond donors (Lipinski definition) is 2. The van der Waals surface area contributed by atoms with E-state index in [1.165, 1.54) is 0 Å². The molecule has 0 saturated carbocycles. The summed E-state index contributed by atoms with van der Waals surface area (Å²) in [6.45, 7) is 3.35. The molecule has 0 amide bonds. The molecule has 2 nitrogen and oxygen atoms in total. The first-order valence-corrected chi connectivity index (χ1v) is 1.95. The quantitative estimate of drug-likeness (QED) is 0.219. The van der Waals surface area contributed by atoms with Crippen LogP contribution in [0.1, 0.15) is 0 Å². The topological polar surface area (TPSA) is 52.0 Å². The molecule has 0 heterocycles. The van der Waals surface area contributed by atoms with Gasteiger partial charge in [-0.2, -0.15) is 0 Å². The molecule has 0 aliphatic heterocycles. The highest BCUT2D eigenvalue weighted by Gasteiger charge is 1.48. The highest BCUT2D eigenvalue weighted by molar-refractivity contribution is 6.18. The lowest BCUT2D eigenvalue weighted by Crippen LogP contribution is -2.02. The molecule has 0 rings (SSSR count). The summed E-state index contributed by atoms with van der Waals surface area (Å²) in [5.74, 6) is 8.56. The first kappa shape index (κ1) is 9.34. The van der Waals surface area contributed by atoms with E-state index in [4.69, 9.17) is 11.6 Å². The molecule has 38 valence electrons. The van der Waals surface area contributed by atoms with Gasteiger partial charge in [-0.05, 0) is 0 Å². The maximum absolute atomic E-state index is 5.07. The zero-order valence-corrected chi connectivity index (χ0v) is 4.28. The van der Waals surface area contributed by atoms with Gasteiger partial charge in [-0.1, -0.05) is 6.08 Å². The molecule has 3 heteroatoms. The molecule has 0 radical (unpaired) electrons. The number of hydrazine groups is 1. The molecule has 0 aromatic heterocycles. The van der Waals surface area contributed by atoms with Crippen LogP contribution < -0.4 is 11.7 Å². The minimum absolute atomic E-state index is 0.556. The molecular weight excluding hydrogens is 99.5 g/mol. The van der Waals surface area contributed by atoms with E-state index >= 15 is 0 Å². The lowest BCUT2D eigenvalue weighted by atomic mass is 10.8. The Morgan fingerprint density at radius 2 is 1.83 bits per heavy atom. The summed E-state index contributed by atoms with van der Waals surface area (Å²) in [5.41, 5.74) is 0. The fourth-order valence-corrected chi connectivity index (χ4v) is 0. The number of alkyl halides is 1. The van der Waals surface area contributed by atoms with E-state index in [0.717, 1.165) is 0 Å². The van der Waals surface area contributed by atoms with Gasteiger partial charge in [-0.15, -0.1) is 18.2 Å².